The average molecular weight is 317 g/mol. The monoisotopic (exact) mass is 317 g/mol. The van der Waals surface area contributed by atoms with Gasteiger partial charge in [0.1, 0.15) is 5.82 Å². The van der Waals surface area contributed by atoms with Gasteiger partial charge in [-0.1, -0.05) is 0 Å². The van der Waals surface area contributed by atoms with Crippen molar-refractivity contribution < 1.29 is 4.39 Å². The van der Waals surface area contributed by atoms with Crippen LogP contribution in [0.15, 0.2) is 30.5 Å². The first-order valence-electron chi connectivity index (χ1n) is 4.41. The molecule has 2 rings (SSSR count). The minimum absolute atomic E-state index is 0.241. The fourth-order valence-corrected chi connectivity index (χ4v) is 2.00. The summed E-state index contributed by atoms with van der Waals surface area (Å²) < 4.78 is 15.4. The molecule has 0 bridgehead atoms. The molecule has 0 saturated heterocycles. The Labute approximate surface area is 100 Å². The number of halogens is 2. The molecule has 0 aliphatic rings. The molecule has 0 atom stereocenters. The second kappa shape index (κ2) is 4.28. The molecule has 0 spiro atoms. The molecule has 78 valence electrons. The predicted molar refractivity (Wildman–Crippen MR) is 64.1 cm³/mol. The highest BCUT2D eigenvalue weighted by Crippen LogP contribution is 2.17. The molecule has 0 amide bonds. The molecule has 0 unspecified atom stereocenters. The zero-order valence-electron chi connectivity index (χ0n) is 7.82. The van der Waals surface area contributed by atoms with Gasteiger partial charge in [-0.2, -0.15) is 5.10 Å². The molecule has 0 aliphatic heterocycles. The molecular formula is C10H9FIN3. The maximum atomic E-state index is 12.9. The summed E-state index contributed by atoms with van der Waals surface area (Å²) in [7, 11) is 0. The molecule has 0 fully saturated rings. The third-order valence-corrected chi connectivity index (χ3v) is 2.87. The fourth-order valence-electron chi connectivity index (χ4n) is 1.27. The van der Waals surface area contributed by atoms with E-state index in [1.54, 1.807) is 10.7 Å². The maximum Gasteiger partial charge on any atom is 0.124 e. The first kappa shape index (κ1) is 10.6. The standard InChI is InChI=1S/C10H9FIN3/c11-7-1-2-10(9(12)5-7)15-4-3-8(6-13)14-15/h1-5H,6,13H2. The van der Waals surface area contributed by atoms with Gasteiger partial charge < -0.3 is 5.73 Å². The second-order valence-corrected chi connectivity index (χ2v) is 4.21. The molecule has 0 aliphatic carbocycles. The van der Waals surface area contributed by atoms with Crippen LogP contribution in [-0.4, -0.2) is 9.78 Å². The van der Waals surface area contributed by atoms with Gasteiger partial charge in [-0.15, -0.1) is 0 Å². The van der Waals surface area contributed by atoms with Crippen molar-refractivity contribution >= 4 is 22.6 Å². The van der Waals surface area contributed by atoms with E-state index in [-0.39, 0.29) is 5.82 Å². The van der Waals surface area contributed by atoms with Gasteiger partial charge in [-0.25, -0.2) is 9.07 Å². The van der Waals surface area contributed by atoms with Crippen molar-refractivity contribution in [3.05, 3.63) is 45.5 Å². The topological polar surface area (TPSA) is 43.8 Å². The summed E-state index contributed by atoms with van der Waals surface area (Å²) >= 11 is 2.08. The largest absolute Gasteiger partial charge is 0.325 e. The van der Waals surface area contributed by atoms with Gasteiger partial charge in [0.2, 0.25) is 0 Å². The number of nitrogens with two attached hydrogens (primary N) is 1. The summed E-state index contributed by atoms with van der Waals surface area (Å²) in [6.07, 6.45) is 1.82. The Kier molecular flexibility index (Phi) is 3.01. The van der Waals surface area contributed by atoms with Crippen molar-refractivity contribution in [2.24, 2.45) is 5.73 Å². The smallest absolute Gasteiger partial charge is 0.124 e. The van der Waals surface area contributed by atoms with Crippen LogP contribution in [0, 0.1) is 9.39 Å². The summed E-state index contributed by atoms with van der Waals surface area (Å²) in [5, 5.41) is 4.25. The van der Waals surface area contributed by atoms with Gasteiger partial charge in [-0.05, 0) is 46.9 Å². The zero-order chi connectivity index (χ0) is 10.8. The first-order valence-corrected chi connectivity index (χ1v) is 5.48. The quantitative estimate of drug-likeness (QED) is 0.862. The Morgan fingerprint density at radius 3 is 2.80 bits per heavy atom. The molecular weight excluding hydrogens is 308 g/mol. The molecule has 1 heterocycles. The fraction of sp³-hybridized carbons (Fsp3) is 0.100. The van der Waals surface area contributed by atoms with E-state index in [1.165, 1.54) is 12.1 Å². The number of benzene rings is 1. The SMILES string of the molecule is NCc1ccn(-c2ccc(F)cc2I)n1. The second-order valence-electron chi connectivity index (χ2n) is 3.05. The first-order chi connectivity index (χ1) is 7.20. The summed E-state index contributed by atoms with van der Waals surface area (Å²) in [4.78, 5) is 0. The molecule has 0 saturated carbocycles. The Balaban J connectivity index is 2.44. The number of hydrogen-bond acceptors (Lipinski definition) is 2. The van der Waals surface area contributed by atoms with Crippen LogP contribution in [0.2, 0.25) is 0 Å². The van der Waals surface area contributed by atoms with E-state index in [4.69, 9.17) is 5.73 Å². The van der Waals surface area contributed by atoms with Crippen LogP contribution in [0.3, 0.4) is 0 Å². The third kappa shape index (κ3) is 2.18. The highest BCUT2D eigenvalue weighted by molar-refractivity contribution is 14.1. The van der Waals surface area contributed by atoms with Crippen LogP contribution in [0.1, 0.15) is 5.69 Å². The molecule has 2 N–H and O–H groups in total. The third-order valence-electron chi connectivity index (χ3n) is 2.01. The number of rotatable bonds is 2. The summed E-state index contributed by atoms with van der Waals surface area (Å²) in [5.74, 6) is -0.241. The van der Waals surface area contributed by atoms with Crippen molar-refractivity contribution in [2.45, 2.75) is 6.54 Å². The van der Waals surface area contributed by atoms with Crippen LogP contribution in [0.4, 0.5) is 4.39 Å². The van der Waals surface area contributed by atoms with E-state index in [2.05, 4.69) is 27.7 Å². The van der Waals surface area contributed by atoms with E-state index in [1.807, 2.05) is 12.3 Å². The van der Waals surface area contributed by atoms with Crippen LogP contribution in [0.5, 0.6) is 0 Å². The van der Waals surface area contributed by atoms with Gasteiger partial charge in [0.25, 0.3) is 0 Å². The Hall–Kier alpha value is -0.950. The average Bonchev–Trinajstić information content (AvgIpc) is 2.66. The molecule has 5 heteroatoms. The van der Waals surface area contributed by atoms with Gasteiger partial charge >= 0.3 is 0 Å². The van der Waals surface area contributed by atoms with E-state index in [0.29, 0.717) is 6.54 Å². The Morgan fingerprint density at radius 2 is 2.20 bits per heavy atom. The Morgan fingerprint density at radius 1 is 1.40 bits per heavy atom. The maximum absolute atomic E-state index is 12.9. The number of hydrogen-bond donors (Lipinski definition) is 1. The van der Waals surface area contributed by atoms with Crippen LogP contribution >= 0.6 is 22.6 Å². The van der Waals surface area contributed by atoms with Gasteiger partial charge in [0.15, 0.2) is 0 Å². The normalized spacial score (nSPS) is 10.6. The molecule has 3 nitrogen and oxygen atoms in total. The minimum atomic E-state index is -0.241. The predicted octanol–water partition coefficient (Wildman–Crippen LogP) is 2.07. The van der Waals surface area contributed by atoms with Gasteiger partial charge in [0, 0.05) is 16.3 Å². The van der Waals surface area contributed by atoms with Gasteiger partial charge in [0.05, 0.1) is 11.4 Å². The lowest BCUT2D eigenvalue weighted by atomic mass is 10.3. The lowest BCUT2D eigenvalue weighted by Gasteiger charge is -2.04. The molecule has 15 heavy (non-hydrogen) atoms. The van der Waals surface area contributed by atoms with Crippen molar-refractivity contribution in [1.82, 2.24) is 9.78 Å². The van der Waals surface area contributed by atoms with E-state index < -0.39 is 0 Å². The van der Waals surface area contributed by atoms with Gasteiger partial charge in [-0.3, -0.25) is 0 Å². The van der Waals surface area contributed by atoms with Crippen LogP contribution in [0.25, 0.3) is 5.69 Å². The van der Waals surface area contributed by atoms with Crippen LogP contribution < -0.4 is 5.73 Å². The highest BCUT2D eigenvalue weighted by Gasteiger charge is 2.05. The zero-order valence-corrected chi connectivity index (χ0v) is 9.98. The number of aromatic nitrogens is 2. The van der Waals surface area contributed by atoms with E-state index >= 15 is 0 Å². The van der Waals surface area contributed by atoms with Crippen molar-refractivity contribution in [1.29, 1.82) is 0 Å². The molecule has 0 radical (unpaired) electrons. The van der Waals surface area contributed by atoms with Crippen LogP contribution in [-0.2, 0) is 6.54 Å². The van der Waals surface area contributed by atoms with E-state index in [9.17, 15) is 4.39 Å². The molecule has 1 aromatic carbocycles. The summed E-state index contributed by atoms with van der Waals surface area (Å²) in [6.45, 7) is 0.408. The molecule has 1 aromatic heterocycles. The number of nitrogens with zero attached hydrogens (tertiary/aromatic N) is 2. The van der Waals surface area contributed by atoms with Crippen molar-refractivity contribution in [2.75, 3.05) is 0 Å². The molecule has 2 aromatic rings. The minimum Gasteiger partial charge on any atom is -0.325 e. The highest BCUT2D eigenvalue weighted by atomic mass is 127. The van der Waals surface area contributed by atoms with Crippen molar-refractivity contribution in [3.63, 3.8) is 0 Å². The summed E-state index contributed by atoms with van der Waals surface area (Å²) in [6, 6.07) is 6.44. The van der Waals surface area contributed by atoms with E-state index in [0.717, 1.165) is 15.0 Å². The Bertz CT molecular complexity index is 481. The lowest BCUT2D eigenvalue weighted by Crippen LogP contribution is -2.01. The van der Waals surface area contributed by atoms with Crippen molar-refractivity contribution in [3.8, 4) is 5.69 Å². The lowest BCUT2D eigenvalue weighted by molar-refractivity contribution is 0.625. The summed E-state index contributed by atoms with van der Waals surface area (Å²) in [5.41, 5.74) is 7.14.